The molecule has 2 aromatic rings. The third kappa shape index (κ3) is 3.58. The van der Waals surface area contributed by atoms with Crippen LogP contribution >= 0.6 is 0 Å². The van der Waals surface area contributed by atoms with E-state index in [0.29, 0.717) is 16.5 Å². The van der Waals surface area contributed by atoms with E-state index in [1.807, 2.05) is 26.0 Å². The zero-order valence-corrected chi connectivity index (χ0v) is 14.4. The normalized spacial score (nSPS) is 16.5. The van der Waals surface area contributed by atoms with Crippen LogP contribution in [-0.2, 0) is 20.9 Å². The average molecular weight is 358 g/mol. The number of carbonyl (C=O) groups excluding carboxylic acids is 3. The number of aryl methyl sites for hydroxylation is 2. The Balaban J connectivity index is 1.67. The van der Waals surface area contributed by atoms with Crippen LogP contribution in [0.4, 0.5) is 4.79 Å². The Bertz CT molecular complexity index is 962. The maximum absolute atomic E-state index is 11.9. The molecule has 0 bridgehead atoms. The summed E-state index contributed by atoms with van der Waals surface area (Å²) < 4.78 is 10.5. The molecule has 3 rings (SSSR count). The summed E-state index contributed by atoms with van der Waals surface area (Å²) in [6.45, 7) is 3.70. The Labute approximate surface area is 148 Å². The van der Waals surface area contributed by atoms with Gasteiger partial charge in [0, 0.05) is 23.4 Å². The first-order valence-corrected chi connectivity index (χ1v) is 8.15. The molecule has 2 N–H and O–H groups in total. The van der Waals surface area contributed by atoms with Crippen molar-refractivity contribution in [1.29, 1.82) is 0 Å². The SMILES string of the molecule is Cc1ccc2c(COC(=O)CCC3NC(=O)NC3=O)cc(=O)oc2c1C. The van der Waals surface area contributed by atoms with E-state index in [1.54, 1.807) is 0 Å². The molecule has 0 spiro atoms. The minimum absolute atomic E-state index is 0.0319. The van der Waals surface area contributed by atoms with Gasteiger partial charge in [0.1, 0.15) is 18.2 Å². The molecule has 1 atom stereocenters. The van der Waals surface area contributed by atoms with E-state index in [-0.39, 0.29) is 19.4 Å². The van der Waals surface area contributed by atoms with Gasteiger partial charge in [0.25, 0.3) is 5.91 Å². The lowest BCUT2D eigenvalue weighted by molar-refractivity contribution is -0.145. The molecule has 1 aliphatic heterocycles. The summed E-state index contributed by atoms with van der Waals surface area (Å²) in [5, 5.41) is 5.22. The van der Waals surface area contributed by atoms with Gasteiger partial charge in [-0.05, 0) is 31.4 Å². The number of hydrogen-bond acceptors (Lipinski definition) is 6. The standard InChI is InChI=1S/C18H18N2O6/c1-9-3-4-12-11(7-15(22)26-16(12)10(9)2)8-25-14(21)6-5-13-17(23)20-18(24)19-13/h3-4,7,13H,5-6,8H2,1-2H3,(H2,19,20,23,24). The molecule has 26 heavy (non-hydrogen) atoms. The molecule has 1 fully saturated rings. The summed E-state index contributed by atoms with van der Waals surface area (Å²) in [6, 6.07) is 3.73. The van der Waals surface area contributed by atoms with Crippen molar-refractivity contribution < 1.29 is 23.5 Å². The van der Waals surface area contributed by atoms with Crippen molar-refractivity contribution in [1.82, 2.24) is 10.6 Å². The van der Waals surface area contributed by atoms with Crippen LogP contribution in [0.2, 0.25) is 0 Å². The lowest BCUT2D eigenvalue weighted by atomic mass is 10.0. The molecule has 1 aromatic heterocycles. The van der Waals surface area contributed by atoms with Crippen LogP contribution in [0.3, 0.4) is 0 Å². The first-order chi connectivity index (χ1) is 12.3. The van der Waals surface area contributed by atoms with Crippen molar-refractivity contribution in [3.63, 3.8) is 0 Å². The Morgan fingerprint density at radius 2 is 2.00 bits per heavy atom. The molecule has 0 aliphatic carbocycles. The van der Waals surface area contributed by atoms with Gasteiger partial charge in [0.05, 0.1) is 0 Å². The summed E-state index contributed by atoms with van der Waals surface area (Å²) in [4.78, 5) is 46.2. The topological polar surface area (TPSA) is 115 Å². The molecule has 8 nitrogen and oxygen atoms in total. The van der Waals surface area contributed by atoms with E-state index in [0.717, 1.165) is 11.1 Å². The molecule has 136 valence electrons. The van der Waals surface area contributed by atoms with Crippen molar-refractivity contribution in [3.05, 3.63) is 45.3 Å². The van der Waals surface area contributed by atoms with Crippen LogP contribution in [0.1, 0.15) is 29.5 Å². The van der Waals surface area contributed by atoms with Crippen LogP contribution < -0.4 is 16.3 Å². The van der Waals surface area contributed by atoms with Gasteiger partial charge >= 0.3 is 17.6 Å². The van der Waals surface area contributed by atoms with Crippen molar-refractivity contribution in [2.24, 2.45) is 0 Å². The fourth-order valence-corrected chi connectivity index (χ4v) is 2.80. The van der Waals surface area contributed by atoms with Gasteiger partial charge in [0.2, 0.25) is 0 Å². The molecule has 2 heterocycles. The predicted molar refractivity (Wildman–Crippen MR) is 91.5 cm³/mol. The monoisotopic (exact) mass is 358 g/mol. The van der Waals surface area contributed by atoms with Crippen LogP contribution in [0.5, 0.6) is 0 Å². The quantitative estimate of drug-likeness (QED) is 0.475. The van der Waals surface area contributed by atoms with Crippen molar-refractivity contribution in [2.75, 3.05) is 0 Å². The highest BCUT2D eigenvalue weighted by Crippen LogP contribution is 2.23. The van der Waals surface area contributed by atoms with E-state index in [2.05, 4.69) is 10.6 Å². The summed E-state index contributed by atoms with van der Waals surface area (Å²) in [5.74, 6) is -0.982. The van der Waals surface area contributed by atoms with E-state index < -0.39 is 29.6 Å². The number of nitrogens with one attached hydrogen (secondary N) is 2. The van der Waals surface area contributed by atoms with Crippen LogP contribution in [0.25, 0.3) is 11.0 Å². The molecule has 0 saturated carbocycles. The Hall–Kier alpha value is -3.16. The zero-order chi connectivity index (χ0) is 18.8. The maximum Gasteiger partial charge on any atom is 0.336 e. The first kappa shape index (κ1) is 17.7. The van der Waals surface area contributed by atoms with Crippen LogP contribution in [0, 0.1) is 13.8 Å². The van der Waals surface area contributed by atoms with Crippen LogP contribution in [-0.4, -0.2) is 23.9 Å². The smallest absolute Gasteiger partial charge is 0.336 e. The Kier molecular flexibility index (Phi) is 4.75. The highest BCUT2D eigenvalue weighted by molar-refractivity contribution is 6.04. The number of esters is 1. The number of amides is 3. The van der Waals surface area contributed by atoms with Gasteiger partial charge in [-0.25, -0.2) is 9.59 Å². The van der Waals surface area contributed by atoms with Gasteiger partial charge in [-0.15, -0.1) is 0 Å². The summed E-state index contributed by atoms with van der Waals surface area (Å²) >= 11 is 0. The van der Waals surface area contributed by atoms with Crippen molar-refractivity contribution in [2.45, 2.75) is 39.3 Å². The number of benzene rings is 1. The van der Waals surface area contributed by atoms with E-state index in [4.69, 9.17) is 9.15 Å². The highest BCUT2D eigenvalue weighted by Gasteiger charge is 2.29. The fraction of sp³-hybridized carbons (Fsp3) is 0.333. The minimum Gasteiger partial charge on any atom is -0.461 e. The maximum atomic E-state index is 11.9. The molecule has 1 aromatic carbocycles. The second kappa shape index (κ2) is 6.99. The second-order valence-electron chi connectivity index (χ2n) is 6.19. The number of hydrogen-bond donors (Lipinski definition) is 2. The third-order valence-electron chi connectivity index (χ3n) is 4.40. The third-order valence-corrected chi connectivity index (χ3v) is 4.40. The number of imide groups is 1. The van der Waals surface area contributed by atoms with Gasteiger partial charge in [0.15, 0.2) is 0 Å². The first-order valence-electron chi connectivity index (χ1n) is 8.15. The van der Waals surface area contributed by atoms with E-state index >= 15 is 0 Å². The van der Waals surface area contributed by atoms with Crippen LogP contribution in [0.15, 0.2) is 27.4 Å². The molecule has 1 aliphatic rings. The Morgan fingerprint density at radius 1 is 1.23 bits per heavy atom. The molecule has 3 amide bonds. The highest BCUT2D eigenvalue weighted by atomic mass is 16.5. The summed E-state index contributed by atoms with van der Waals surface area (Å²) in [7, 11) is 0. The molecular weight excluding hydrogens is 340 g/mol. The van der Waals surface area contributed by atoms with Gasteiger partial charge in [-0.3, -0.25) is 14.9 Å². The number of ether oxygens (including phenoxy) is 1. The number of fused-ring (bicyclic) bond motifs is 1. The van der Waals surface area contributed by atoms with Gasteiger partial charge < -0.3 is 14.5 Å². The molecule has 8 heteroatoms. The molecule has 0 radical (unpaired) electrons. The molecular formula is C18H18N2O6. The van der Waals surface area contributed by atoms with E-state index in [9.17, 15) is 19.2 Å². The fourth-order valence-electron chi connectivity index (χ4n) is 2.80. The van der Waals surface area contributed by atoms with Gasteiger partial charge in [-0.1, -0.05) is 12.1 Å². The Morgan fingerprint density at radius 3 is 2.69 bits per heavy atom. The second-order valence-corrected chi connectivity index (χ2v) is 6.19. The van der Waals surface area contributed by atoms with Crippen molar-refractivity contribution >= 4 is 28.9 Å². The lowest BCUT2D eigenvalue weighted by Gasteiger charge is -2.10. The zero-order valence-electron chi connectivity index (χ0n) is 14.4. The molecule has 1 unspecified atom stereocenters. The largest absolute Gasteiger partial charge is 0.461 e. The number of carbonyl (C=O) groups is 3. The van der Waals surface area contributed by atoms with E-state index in [1.165, 1.54) is 6.07 Å². The van der Waals surface area contributed by atoms with Gasteiger partial charge in [-0.2, -0.15) is 0 Å². The number of rotatable bonds is 5. The number of urea groups is 1. The predicted octanol–water partition coefficient (Wildman–Crippen LogP) is 1.44. The minimum atomic E-state index is -0.731. The summed E-state index contributed by atoms with van der Waals surface area (Å²) in [5.41, 5.74) is 2.37. The lowest BCUT2D eigenvalue weighted by Crippen LogP contribution is -2.29. The molecule has 1 saturated heterocycles. The summed E-state index contributed by atoms with van der Waals surface area (Å²) in [6.07, 6.45) is 0.113. The van der Waals surface area contributed by atoms with Crippen molar-refractivity contribution in [3.8, 4) is 0 Å². The average Bonchev–Trinajstić information content (AvgIpc) is 2.92.